The number of nitrogens with zero attached hydrogens (tertiary/aromatic N) is 2. The van der Waals surface area contributed by atoms with E-state index in [0.717, 1.165) is 39.9 Å². The van der Waals surface area contributed by atoms with Crippen molar-refractivity contribution in [1.82, 2.24) is 10.4 Å². The zero-order valence-electron chi connectivity index (χ0n) is 14.2. The second-order valence-electron chi connectivity index (χ2n) is 6.11. The molecule has 0 bridgehead atoms. The molecular weight excluding hydrogens is 461 g/mol. The molecular formula is C20H17ClIN3O. The van der Waals surface area contributed by atoms with E-state index in [4.69, 9.17) is 16.3 Å². The van der Waals surface area contributed by atoms with Crippen LogP contribution in [0.4, 0.5) is 0 Å². The third-order valence-corrected chi connectivity index (χ3v) is 5.41. The molecule has 132 valence electrons. The summed E-state index contributed by atoms with van der Waals surface area (Å²) >= 11 is 8.79. The Balaban J connectivity index is 1.60. The molecule has 0 radical (unpaired) electrons. The highest BCUT2D eigenvalue weighted by Gasteiger charge is 2.24. The molecule has 0 spiro atoms. The van der Waals surface area contributed by atoms with Crippen LogP contribution in [0.1, 0.15) is 30.5 Å². The van der Waals surface area contributed by atoms with Gasteiger partial charge in [-0.05, 0) is 65.4 Å². The molecule has 0 saturated carbocycles. The van der Waals surface area contributed by atoms with Crippen LogP contribution >= 0.6 is 34.2 Å². The summed E-state index contributed by atoms with van der Waals surface area (Å²) in [5, 5.41) is 6.05. The van der Waals surface area contributed by atoms with Gasteiger partial charge in [-0.25, -0.2) is 4.98 Å². The summed E-state index contributed by atoms with van der Waals surface area (Å²) in [5.74, 6) is 0.805. The van der Waals surface area contributed by atoms with Gasteiger partial charge in [-0.3, -0.25) is 0 Å². The fourth-order valence-corrected chi connectivity index (χ4v) is 3.72. The highest BCUT2D eigenvalue weighted by Crippen LogP contribution is 2.32. The van der Waals surface area contributed by atoms with Gasteiger partial charge in [-0.2, -0.15) is 5.10 Å². The number of aromatic nitrogens is 1. The Hall–Kier alpha value is -1.86. The average Bonchev–Trinajstić information content (AvgIpc) is 3.12. The first-order chi connectivity index (χ1) is 12.6. The first-order valence-electron chi connectivity index (χ1n) is 8.45. The van der Waals surface area contributed by atoms with Crippen molar-refractivity contribution in [2.24, 2.45) is 5.10 Å². The van der Waals surface area contributed by atoms with Crippen molar-refractivity contribution >= 4 is 50.8 Å². The molecule has 1 aromatic heterocycles. The van der Waals surface area contributed by atoms with Gasteiger partial charge in [0.05, 0.1) is 23.9 Å². The van der Waals surface area contributed by atoms with E-state index in [-0.39, 0.29) is 6.04 Å². The summed E-state index contributed by atoms with van der Waals surface area (Å²) in [5.41, 5.74) is 7.18. The van der Waals surface area contributed by atoms with E-state index >= 15 is 0 Å². The summed E-state index contributed by atoms with van der Waals surface area (Å²) in [6, 6.07) is 16.4. The molecule has 2 aromatic carbocycles. The van der Waals surface area contributed by atoms with Crippen LogP contribution in [0, 0.1) is 3.57 Å². The number of fused-ring (bicyclic) bond motifs is 1. The number of hydrazone groups is 1. The van der Waals surface area contributed by atoms with Gasteiger partial charge in [0.25, 0.3) is 0 Å². The summed E-state index contributed by atoms with van der Waals surface area (Å²) in [7, 11) is 0. The highest BCUT2D eigenvalue weighted by atomic mass is 127. The van der Waals surface area contributed by atoms with Gasteiger partial charge in [0.15, 0.2) is 0 Å². The van der Waals surface area contributed by atoms with Crippen molar-refractivity contribution in [3.05, 3.63) is 68.4 Å². The molecule has 6 heteroatoms. The lowest BCUT2D eigenvalue weighted by molar-refractivity contribution is 0.340. The molecule has 1 aliphatic heterocycles. The Morgan fingerprint density at radius 1 is 1.19 bits per heavy atom. The van der Waals surface area contributed by atoms with Crippen LogP contribution < -0.4 is 10.2 Å². The minimum Gasteiger partial charge on any atom is -0.494 e. The van der Waals surface area contributed by atoms with E-state index in [2.05, 4.69) is 68.4 Å². The van der Waals surface area contributed by atoms with Crippen LogP contribution in [0.5, 0.6) is 5.75 Å². The lowest BCUT2D eigenvalue weighted by Gasteiger charge is -2.13. The number of halogens is 2. The van der Waals surface area contributed by atoms with Gasteiger partial charge in [0.2, 0.25) is 0 Å². The Morgan fingerprint density at radius 2 is 2.00 bits per heavy atom. The van der Waals surface area contributed by atoms with Crippen LogP contribution in [0.25, 0.3) is 10.9 Å². The van der Waals surface area contributed by atoms with Crippen molar-refractivity contribution in [3.63, 3.8) is 0 Å². The Bertz CT molecular complexity index is 988. The molecule has 1 N–H and O–H groups in total. The van der Waals surface area contributed by atoms with Crippen LogP contribution in [0.2, 0.25) is 5.15 Å². The Morgan fingerprint density at radius 3 is 2.77 bits per heavy atom. The lowest BCUT2D eigenvalue weighted by atomic mass is 9.99. The predicted molar refractivity (Wildman–Crippen MR) is 114 cm³/mol. The van der Waals surface area contributed by atoms with Crippen molar-refractivity contribution in [1.29, 1.82) is 0 Å². The third kappa shape index (κ3) is 3.50. The largest absolute Gasteiger partial charge is 0.494 e. The molecule has 1 unspecified atom stereocenters. The lowest BCUT2D eigenvalue weighted by Crippen LogP contribution is -2.11. The Kier molecular flexibility index (Phi) is 5.00. The van der Waals surface area contributed by atoms with Crippen LogP contribution in [-0.2, 0) is 0 Å². The number of ether oxygens (including phenoxy) is 1. The van der Waals surface area contributed by atoms with Gasteiger partial charge >= 0.3 is 0 Å². The van der Waals surface area contributed by atoms with E-state index in [1.54, 1.807) is 0 Å². The van der Waals surface area contributed by atoms with Gasteiger partial charge < -0.3 is 10.2 Å². The van der Waals surface area contributed by atoms with Crippen molar-refractivity contribution in [2.75, 3.05) is 6.61 Å². The van der Waals surface area contributed by atoms with E-state index in [0.29, 0.717) is 11.8 Å². The zero-order valence-corrected chi connectivity index (χ0v) is 17.1. The fourth-order valence-electron chi connectivity index (χ4n) is 3.09. The SMILES string of the molecule is CCOc1ccc2cc(C3CC(c4ccc(I)cc4)=NN3)c(Cl)nc2c1. The molecule has 4 nitrogen and oxygen atoms in total. The average molecular weight is 478 g/mol. The Labute approximate surface area is 170 Å². The molecule has 0 aliphatic carbocycles. The topological polar surface area (TPSA) is 46.5 Å². The van der Waals surface area contributed by atoms with Gasteiger partial charge in [-0.1, -0.05) is 23.7 Å². The maximum Gasteiger partial charge on any atom is 0.135 e. The molecule has 0 fully saturated rings. The molecule has 1 aliphatic rings. The van der Waals surface area contributed by atoms with E-state index < -0.39 is 0 Å². The standard InChI is InChI=1S/C20H17ClIN3O/c1-2-26-15-8-5-13-9-16(20(21)23-17(13)10-15)19-11-18(24-25-19)12-3-6-14(22)7-4-12/h3-10,19,25H,2,11H2,1H3. The van der Waals surface area contributed by atoms with Crippen molar-refractivity contribution < 1.29 is 4.74 Å². The molecule has 4 rings (SSSR count). The second kappa shape index (κ2) is 7.40. The summed E-state index contributed by atoms with van der Waals surface area (Å²) in [6.07, 6.45) is 0.782. The summed E-state index contributed by atoms with van der Waals surface area (Å²) in [4.78, 5) is 4.57. The summed E-state index contributed by atoms with van der Waals surface area (Å²) in [6.45, 7) is 2.59. The maximum absolute atomic E-state index is 6.48. The van der Waals surface area contributed by atoms with E-state index in [1.807, 2.05) is 25.1 Å². The third-order valence-electron chi connectivity index (χ3n) is 4.39. The number of hydrogen-bond donors (Lipinski definition) is 1. The van der Waals surface area contributed by atoms with Gasteiger partial charge in [0.1, 0.15) is 10.9 Å². The molecule has 3 aromatic rings. The predicted octanol–water partition coefficient (Wildman–Crippen LogP) is 5.33. The normalized spacial score (nSPS) is 16.4. The number of hydrogen-bond acceptors (Lipinski definition) is 4. The highest BCUT2D eigenvalue weighted by molar-refractivity contribution is 14.1. The minimum absolute atomic E-state index is 0.0280. The van der Waals surface area contributed by atoms with Crippen molar-refractivity contribution in [2.45, 2.75) is 19.4 Å². The first-order valence-corrected chi connectivity index (χ1v) is 9.90. The van der Waals surface area contributed by atoms with Gasteiger partial charge in [-0.15, -0.1) is 0 Å². The van der Waals surface area contributed by atoms with E-state index in [1.165, 1.54) is 3.57 Å². The quantitative estimate of drug-likeness (QED) is 0.408. The molecule has 1 atom stereocenters. The summed E-state index contributed by atoms with van der Waals surface area (Å²) < 4.78 is 6.75. The van der Waals surface area contributed by atoms with E-state index in [9.17, 15) is 0 Å². The molecule has 2 heterocycles. The zero-order chi connectivity index (χ0) is 18.1. The molecule has 0 amide bonds. The number of pyridine rings is 1. The van der Waals surface area contributed by atoms with Crippen molar-refractivity contribution in [3.8, 4) is 5.75 Å². The number of nitrogens with one attached hydrogen (secondary N) is 1. The first kappa shape index (κ1) is 17.5. The number of rotatable bonds is 4. The number of benzene rings is 2. The molecule has 0 saturated heterocycles. The fraction of sp³-hybridized carbons (Fsp3) is 0.200. The van der Waals surface area contributed by atoms with Crippen LogP contribution in [0.15, 0.2) is 53.6 Å². The smallest absolute Gasteiger partial charge is 0.135 e. The monoisotopic (exact) mass is 477 g/mol. The van der Waals surface area contributed by atoms with Crippen LogP contribution in [0.3, 0.4) is 0 Å². The molecule has 26 heavy (non-hydrogen) atoms. The second-order valence-corrected chi connectivity index (χ2v) is 7.71. The van der Waals surface area contributed by atoms with Gasteiger partial charge in [0, 0.05) is 27.0 Å². The van der Waals surface area contributed by atoms with Crippen LogP contribution in [-0.4, -0.2) is 17.3 Å². The maximum atomic E-state index is 6.48. The minimum atomic E-state index is 0.0280.